The van der Waals surface area contributed by atoms with Crippen molar-refractivity contribution >= 4 is 16.5 Å². The Balaban J connectivity index is 1.86. The minimum Gasteiger partial charge on any atom is -0.383 e. The van der Waals surface area contributed by atoms with E-state index in [2.05, 4.69) is 29.2 Å². The topological polar surface area (TPSA) is 37.4 Å². The Morgan fingerprint density at radius 3 is 3.06 bits per heavy atom. The van der Waals surface area contributed by atoms with Crippen LogP contribution in [0.2, 0.25) is 0 Å². The standard InChI is InChI=1S/C12H21N3OS/c1-9(8-16-3)15(2)12-14-7-11(17-12)6-13-10-4-5-10/h7,9-10,13H,4-6,8H2,1-3H3. The minimum atomic E-state index is 0.357. The third-order valence-corrected chi connectivity index (χ3v) is 4.14. The Morgan fingerprint density at radius 1 is 1.65 bits per heavy atom. The average Bonchev–Trinajstić information content (AvgIpc) is 3.03. The molecule has 17 heavy (non-hydrogen) atoms. The molecule has 1 N–H and O–H groups in total. The van der Waals surface area contributed by atoms with Crippen LogP contribution in [0.15, 0.2) is 6.20 Å². The molecule has 0 amide bonds. The lowest BCUT2D eigenvalue weighted by Gasteiger charge is -2.23. The fraction of sp³-hybridized carbons (Fsp3) is 0.750. The Morgan fingerprint density at radius 2 is 2.41 bits per heavy atom. The number of nitrogens with zero attached hydrogens (tertiary/aromatic N) is 2. The van der Waals surface area contributed by atoms with Crippen molar-refractivity contribution in [1.29, 1.82) is 0 Å². The first-order valence-corrected chi connectivity index (χ1v) is 6.92. The van der Waals surface area contributed by atoms with Crippen molar-refractivity contribution in [2.24, 2.45) is 0 Å². The fourth-order valence-corrected chi connectivity index (χ4v) is 2.54. The first kappa shape index (κ1) is 12.8. The molecular weight excluding hydrogens is 234 g/mol. The molecule has 1 saturated carbocycles. The van der Waals surface area contributed by atoms with Crippen LogP contribution in [0.5, 0.6) is 0 Å². The van der Waals surface area contributed by atoms with Gasteiger partial charge in [0.1, 0.15) is 0 Å². The Hall–Kier alpha value is -0.650. The average molecular weight is 255 g/mol. The fourth-order valence-electron chi connectivity index (χ4n) is 1.62. The second-order valence-corrected chi connectivity index (χ2v) is 5.77. The van der Waals surface area contributed by atoms with E-state index in [1.165, 1.54) is 17.7 Å². The number of methoxy groups -OCH3 is 1. The number of likely N-dealkylation sites (N-methyl/N-ethyl adjacent to an activating group) is 1. The van der Waals surface area contributed by atoms with Gasteiger partial charge in [0.15, 0.2) is 5.13 Å². The van der Waals surface area contributed by atoms with Crippen molar-refractivity contribution in [2.75, 3.05) is 25.7 Å². The molecule has 1 fully saturated rings. The van der Waals surface area contributed by atoms with Gasteiger partial charge in [-0.15, -0.1) is 11.3 Å². The van der Waals surface area contributed by atoms with Crippen LogP contribution in [-0.2, 0) is 11.3 Å². The van der Waals surface area contributed by atoms with Gasteiger partial charge >= 0.3 is 0 Å². The molecular formula is C12H21N3OS. The molecule has 0 spiro atoms. The van der Waals surface area contributed by atoms with Crippen LogP contribution >= 0.6 is 11.3 Å². The lowest BCUT2D eigenvalue weighted by molar-refractivity contribution is 0.183. The highest BCUT2D eigenvalue weighted by molar-refractivity contribution is 7.15. The number of rotatable bonds is 7. The Kier molecular flexibility index (Phi) is 4.36. The van der Waals surface area contributed by atoms with E-state index < -0.39 is 0 Å². The van der Waals surface area contributed by atoms with Crippen molar-refractivity contribution in [1.82, 2.24) is 10.3 Å². The summed E-state index contributed by atoms with van der Waals surface area (Å²) in [5, 5.41) is 4.58. The summed E-state index contributed by atoms with van der Waals surface area (Å²) in [6.45, 7) is 3.83. The van der Waals surface area contributed by atoms with Gasteiger partial charge in [-0.25, -0.2) is 4.98 Å². The highest BCUT2D eigenvalue weighted by Gasteiger charge is 2.20. The maximum atomic E-state index is 5.16. The molecule has 1 aromatic rings. The molecule has 1 aliphatic rings. The molecule has 2 rings (SSSR count). The number of anilines is 1. The molecule has 4 nitrogen and oxygen atoms in total. The summed E-state index contributed by atoms with van der Waals surface area (Å²) in [5.74, 6) is 0. The summed E-state index contributed by atoms with van der Waals surface area (Å²) < 4.78 is 5.16. The lowest BCUT2D eigenvalue weighted by Crippen LogP contribution is -2.32. The zero-order chi connectivity index (χ0) is 12.3. The first-order valence-electron chi connectivity index (χ1n) is 6.10. The van der Waals surface area contributed by atoms with Gasteiger partial charge in [0.25, 0.3) is 0 Å². The highest BCUT2D eigenvalue weighted by Crippen LogP contribution is 2.25. The van der Waals surface area contributed by atoms with Gasteiger partial charge in [-0.05, 0) is 19.8 Å². The van der Waals surface area contributed by atoms with Gasteiger partial charge in [0, 0.05) is 37.8 Å². The molecule has 0 saturated heterocycles. The second kappa shape index (κ2) is 5.80. The van der Waals surface area contributed by atoms with E-state index in [4.69, 9.17) is 4.74 Å². The summed E-state index contributed by atoms with van der Waals surface area (Å²) in [5.41, 5.74) is 0. The summed E-state index contributed by atoms with van der Waals surface area (Å²) in [7, 11) is 3.80. The van der Waals surface area contributed by atoms with E-state index >= 15 is 0 Å². The summed E-state index contributed by atoms with van der Waals surface area (Å²) >= 11 is 1.76. The van der Waals surface area contributed by atoms with Gasteiger partial charge in [0.05, 0.1) is 12.6 Å². The van der Waals surface area contributed by atoms with Crippen molar-refractivity contribution in [2.45, 2.75) is 38.4 Å². The van der Waals surface area contributed by atoms with Crippen LogP contribution in [-0.4, -0.2) is 37.8 Å². The SMILES string of the molecule is COCC(C)N(C)c1ncc(CNC2CC2)s1. The molecule has 1 aromatic heterocycles. The second-order valence-electron chi connectivity index (χ2n) is 4.68. The summed E-state index contributed by atoms with van der Waals surface area (Å²) in [6.07, 6.45) is 4.64. The predicted molar refractivity (Wildman–Crippen MR) is 71.7 cm³/mol. The monoisotopic (exact) mass is 255 g/mol. The summed E-state index contributed by atoms with van der Waals surface area (Å²) in [6, 6.07) is 1.11. The number of aromatic nitrogens is 1. The van der Waals surface area contributed by atoms with Gasteiger partial charge in [0.2, 0.25) is 0 Å². The predicted octanol–water partition coefficient (Wildman–Crippen LogP) is 1.87. The Labute approximate surface area is 107 Å². The van der Waals surface area contributed by atoms with Crippen LogP contribution in [0, 0.1) is 0 Å². The third-order valence-electron chi connectivity index (χ3n) is 3.05. The van der Waals surface area contributed by atoms with Crippen LogP contribution < -0.4 is 10.2 Å². The van der Waals surface area contributed by atoms with Crippen LogP contribution in [0.4, 0.5) is 5.13 Å². The molecule has 0 aromatic carbocycles. The van der Waals surface area contributed by atoms with Crippen LogP contribution in [0.25, 0.3) is 0 Å². The van der Waals surface area contributed by atoms with E-state index in [1.807, 2.05) is 6.20 Å². The normalized spacial score (nSPS) is 17.1. The third kappa shape index (κ3) is 3.66. The molecule has 0 aliphatic heterocycles. The number of ether oxygens (including phenoxy) is 1. The van der Waals surface area contributed by atoms with Crippen molar-refractivity contribution in [3.8, 4) is 0 Å². The molecule has 1 heterocycles. The van der Waals surface area contributed by atoms with Crippen LogP contribution in [0.3, 0.4) is 0 Å². The smallest absolute Gasteiger partial charge is 0.185 e. The van der Waals surface area contributed by atoms with E-state index in [0.717, 1.165) is 24.3 Å². The van der Waals surface area contributed by atoms with Gasteiger partial charge < -0.3 is 15.0 Å². The quantitative estimate of drug-likeness (QED) is 0.807. The number of nitrogens with one attached hydrogen (secondary N) is 1. The van der Waals surface area contributed by atoms with Gasteiger partial charge in [-0.1, -0.05) is 0 Å². The minimum absolute atomic E-state index is 0.357. The zero-order valence-corrected chi connectivity index (χ0v) is 11.6. The molecule has 5 heteroatoms. The molecule has 0 radical (unpaired) electrons. The van der Waals surface area contributed by atoms with Crippen LogP contribution in [0.1, 0.15) is 24.6 Å². The van der Waals surface area contributed by atoms with Gasteiger partial charge in [-0.2, -0.15) is 0 Å². The van der Waals surface area contributed by atoms with Crippen molar-refractivity contribution in [3.63, 3.8) is 0 Å². The van der Waals surface area contributed by atoms with E-state index in [9.17, 15) is 0 Å². The molecule has 1 aliphatic carbocycles. The number of hydrogen-bond acceptors (Lipinski definition) is 5. The lowest BCUT2D eigenvalue weighted by atomic mass is 10.3. The van der Waals surface area contributed by atoms with Crippen molar-refractivity contribution < 1.29 is 4.74 Å². The maximum absolute atomic E-state index is 5.16. The van der Waals surface area contributed by atoms with E-state index in [0.29, 0.717) is 6.04 Å². The van der Waals surface area contributed by atoms with Crippen molar-refractivity contribution in [3.05, 3.63) is 11.1 Å². The Bertz CT molecular complexity index is 351. The molecule has 1 atom stereocenters. The molecule has 96 valence electrons. The number of thiazole rings is 1. The highest BCUT2D eigenvalue weighted by atomic mass is 32.1. The zero-order valence-electron chi connectivity index (χ0n) is 10.8. The largest absolute Gasteiger partial charge is 0.383 e. The van der Waals surface area contributed by atoms with E-state index in [-0.39, 0.29) is 0 Å². The molecule has 1 unspecified atom stereocenters. The van der Waals surface area contributed by atoms with Gasteiger partial charge in [-0.3, -0.25) is 0 Å². The first-order chi connectivity index (χ1) is 8.20. The maximum Gasteiger partial charge on any atom is 0.185 e. The summed E-state index contributed by atoms with van der Waals surface area (Å²) in [4.78, 5) is 7.95. The molecule has 0 bridgehead atoms. The van der Waals surface area contributed by atoms with E-state index in [1.54, 1.807) is 18.4 Å². The number of hydrogen-bond donors (Lipinski definition) is 1.